The summed E-state index contributed by atoms with van der Waals surface area (Å²) < 4.78 is 22.4. The number of nitrogens with two attached hydrogens (primary N) is 1. The topological polar surface area (TPSA) is 131 Å². The minimum Gasteiger partial charge on any atom is -0.477 e. The number of pyridine rings is 1. The fourth-order valence-corrected chi connectivity index (χ4v) is 2.54. The molecule has 0 aliphatic carbocycles. The number of hydrogen-bond acceptors (Lipinski definition) is 5. The Balaban J connectivity index is 2.31. The molecule has 1 aliphatic rings. The molecule has 102 valence electrons. The van der Waals surface area contributed by atoms with Gasteiger partial charge in [-0.3, -0.25) is 9.69 Å². The molecule has 0 radical (unpaired) electrons. The molecule has 9 heteroatoms. The van der Waals surface area contributed by atoms with E-state index in [1.807, 2.05) is 0 Å². The van der Waals surface area contributed by atoms with Crippen LogP contribution in [0.5, 0.6) is 0 Å². The normalized spacial score (nSPS) is 19.7. The van der Waals surface area contributed by atoms with Gasteiger partial charge in [0.15, 0.2) is 5.69 Å². The standard InChI is InChI=1S/C10H11N3O5S/c11-19(17,18)6-4-9(14)13(5-6)8-3-1-2-7(12-8)10(15)16/h1-3,6H,4-5H2,(H,15,16)(H2,11,17,18). The van der Waals surface area contributed by atoms with E-state index in [0.29, 0.717) is 0 Å². The fraction of sp³-hybridized carbons (Fsp3) is 0.300. The van der Waals surface area contributed by atoms with Crippen molar-refractivity contribution in [2.45, 2.75) is 11.7 Å². The Morgan fingerprint density at radius 1 is 1.47 bits per heavy atom. The number of rotatable bonds is 3. The molecular formula is C10H11N3O5S. The van der Waals surface area contributed by atoms with Crippen molar-refractivity contribution in [3.8, 4) is 0 Å². The Bertz CT molecular complexity index is 642. The molecule has 1 saturated heterocycles. The highest BCUT2D eigenvalue weighted by molar-refractivity contribution is 7.89. The van der Waals surface area contributed by atoms with Crippen LogP contribution in [0.25, 0.3) is 0 Å². The number of aromatic carboxylic acids is 1. The van der Waals surface area contributed by atoms with Gasteiger partial charge in [0, 0.05) is 13.0 Å². The molecule has 1 aromatic rings. The van der Waals surface area contributed by atoms with Gasteiger partial charge in [0.05, 0.1) is 0 Å². The van der Waals surface area contributed by atoms with E-state index < -0.39 is 27.1 Å². The molecular weight excluding hydrogens is 274 g/mol. The van der Waals surface area contributed by atoms with Gasteiger partial charge < -0.3 is 5.11 Å². The fourth-order valence-electron chi connectivity index (χ4n) is 1.81. The van der Waals surface area contributed by atoms with Gasteiger partial charge in [0.2, 0.25) is 15.9 Å². The SMILES string of the molecule is NS(=O)(=O)C1CC(=O)N(c2cccc(C(=O)O)n2)C1. The average Bonchev–Trinajstić information content (AvgIpc) is 2.71. The first kappa shape index (κ1) is 13.4. The molecule has 1 aliphatic heterocycles. The van der Waals surface area contributed by atoms with E-state index in [4.69, 9.17) is 10.2 Å². The van der Waals surface area contributed by atoms with E-state index in [1.54, 1.807) is 0 Å². The van der Waals surface area contributed by atoms with E-state index in [-0.39, 0.29) is 24.5 Å². The Morgan fingerprint density at radius 3 is 2.68 bits per heavy atom. The lowest BCUT2D eigenvalue weighted by atomic mass is 10.3. The summed E-state index contributed by atoms with van der Waals surface area (Å²) >= 11 is 0. The second kappa shape index (κ2) is 4.59. The molecule has 0 spiro atoms. The third-order valence-corrected chi connectivity index (χ3v) is 4.03. The van der Waals surface area contributed by atoms with E-state index in [1.165, 1.54) is 18.2 Å². The van der Waals surface area contributed by atoms with Crippen molar-refractivity contribution in [2.75, 3.05) is 11.4 Å². The van der Waals surface area contributed by atoms with E-state index in [2.05, 4.69) is 4.98 Å². The quantitative estimate of drug-likeness (QED) is 0.745. The number of carbonyl (C=O) groups is 2. The third kappa shape index (κ3) is 2.71. The van der Waals surface area contributed by atoms with Crippen LogP contribution in [-0.4, -0.2) is 42.2 Å². The van der Waals surface area contributed by atoms with Crippen molar-refractivity contribution in [1.29, 1.82) is 0 Å². The molecule has 2 heterocycles. The Morgan fingerprint density at radius 2 is 2.16 bits per heavy atom. The van der Waals surface area contributed by atoms with Gasteiger partial charge in [-0.15, -0.1) is 0 Å². The first-order chi connectivity index (χ1) is 8.79. The van der Waals surface area contributed by atoms with Gasteiger partial charge in [-0.2, -0.15) is 0 Å². The first-order valence-corrected chi connectivity index (χ1v) is 6.92. The number of carbonyl (C=O) groups excluding carboxylic acids is 1. The summed E-state index contributed by atoms with van der Waals surface area (Å²) in [6.07, 6.45) is -0.224. The number of primary sulfonamides is 1. The molecule has 0 bridgehead atoms. The van der Waals surface area contributed by atoms with Crippen molar-refractivity contribution in [2.24, 2.45) is 5.14 Å². The summed E-state index contributed by atoms with van der Waals surface area (Å²) in [7, 11) is -3.81. The number of sulfonamides is 1. The highest BCUT2D eigenvalue weighted by atomic mass is 32.2. The predicted molar refractivity (Wildman–Crippen MR) is 65.1 cm³/mol. The van der Waals surface area contributed by atoms with E-state index >= 15 is 0 Å². The number of carboxylic acids is 1. The van der Waals surface area contributed by atoms with Crippen LogP contribution in [0.15, 0.2) is 18.2 Å². The van der Waals surface area contributed by atoms with Crippen molar-refractivity contribution in [3.63, 3.8) is 0 Å². The molecule has 1 fully saturated rings. The Kier molecular flexibility index (Phi) is 3.25. The van der Waals surface area contributed by atoms with Crippen molar-refractivity contribution in [1.82, 2.24) is 4.98 Å². The summed E-state index contributed by atoms with van der Waals surface area (Å²) in [5.74, 6) is -1.57. The highest BCUT2D eigenvalue weighted by Gasteiger charge is 2.37. The summed E-state index contributed by atoms with van der Waals surface area (Å²) in [6.45, 7) is -0.117. The van der Waals surface area contributed by atoms with E-state index in [9.17, 15) is 18.0 Å². The summed E-state index contributed by atoms with van der Waals surface area (Å²) in [6, 6.07) is 4.16. The molecule has 1 aromatic heterocycles. The zero-order valence-corrected chi connectivity index (χ0v) is 10.5. The minimum atomic E-state index is -3.81. The number of nitrogens with zero attached hydrogens (tertiary/aromatic N) is 2. The van der Waals surface area contributed by atoms with Gasteiger partial charge in [0.1, 0.15) is 11.1 Å². The molecule has 2 rings (SSSR count). The maximum absolute atomic E-state index is 11.7. The molecule has 1 unspecified atom stereocenters. The summed E-state index contributed by atoms with van der Waals surface area (Å²) in [5.41, 5.74) is -0.218. The third-order valence-electron chi connectivity index (χ3n) is 2.78. The maximum Gasteiger partial charge on any atom is 0.354 e. The van der Waals surface area contributed by atoms with Crippen LogP contribution < -0.4 is 10.0 Å². The van der Waals surface area contributed by atoms with Crippen LogP contribution in [0.4, 0.5) is 5.82 Å². The van der Waals surface area contributed by atoms with Gasteiger partial charge in [0.25, 0.3) is 0 Å². The second-order valence-corrected chi connectivity index (χ2v) is 5.95. The van der Waals surface area contributed by atoms with E-state index in [0.717, 1.165) is 4.90 Å². The maximum atomic E-state index is 11.7. The molecule has 3 N–H and O–H groups in total. The molecule has 0 saturated carbocycles. The van der Waals surface area contributed by atoms with Gasteiger partial charge in [-0.25, -0.2) is 23.3 Å². The number of amides is 1. The lowest BCUT2D eigenvalue weighted by Crippen LogP contribution is -2.32. The van der Waals surface area contributed by atoms with Crippen LogP contribution >= 0.6 is 0 Å². The predicted octanol–water partition coefficient (Wildman–Crippen LogP) is -0.826. The van der Waals surface area contributed by atoms with Crippen LogP contribution in [0.1, 0.15) is 16.9 Å². The lowest BCUT2D eigenvalue weighted by Gasteiger charge is -2.15. The van der Waals surface area contributed by atoms with Crippen LogP contribution in [0.3, 0.4) is 0 Å². The minimum absolute atomic E-state index is 0.107. The van der Waals surface area contributed by atoms with Gasteiger partial charge >= 0.3 is 5.97 Å². The number of aromatic nitrogens is 1. The number of carboxylic acid groups (broad SMARTS) is 1. The van der Waals surface area contributed by atoms with Gasteiger partial charge in [-0.05, 0) is 12.1 Å². The smallest absolute Gasteiger partial charge is 0.354 e. The number of anilines is 1. The van der Waals surface area contributed by atoms with Crippen LogP contribution in [0.2, 0.25) is 0 Å². The zero-order valence-electron chi connectivity index (χ0n) is 9.68. The lowest BCUT2D eigenvalue weighted by molar-refractivity contribution is -0.117. The summed E-state index contributed by atoms with van der Waals surface area (Å²) in [5, 5.41) is 12.8. The largest absolute Gasteiger partial charge is 0.477 e. The van der Waals surface area contributed by atoms with Crippen LogP contribution in [-0.2, 0) is 14.8 Å². The molecule has 1 atom stereocenters. The Hall–Kier alpha value is -2.00. The molecule has 19 heavy (non-hydrogen) atoms. The summed E-state index contributed by atoms with van der Waals surface area (Å²) in [4.78, 5) is 27.4. The van der Waals surface area contributed by atoms with Crippen LogP contribution in [0, 0.1) is 0 Å². The second-order valence-electron chi connectivity index (χ2n) is 4.11. The molecule has 1 amide bonds. The monoisotopic (exact) mass is 285 g/mol. The highest BCUT2D eigenvalue weighted by Crippen LogP contribution is 2.22. The average molecular weight is 285 g/mol. The van der Waals surface area contributed by atoms with Crippen molar-refractivity contribution >= 4 is 27.7 Å². The molecule has 0 aromatic carbocycles. The number of hydrogen-bond donors (Lipinski definition) is 2. The van der Waals surface area contributed by atoms with Crippen molar-refractivity contribution < 1.29 is 23.1 Å². The Labute approximate surface area is 108 Å². The zero-order chi connectivity index (χ0) is 14.2. The first-order valence-electron chi connectivity index (χ1n) is 5.31. The molecule has 8 nitrogen and oxygen atoms in total. The van der Waals surface area contributed by atoms with Gasteiger partial charge in [-0.1, -0.05) is 6.07 Å². The van der Waals surface area contributed by atoms with Crippen molar-refractivity contribution in [3.05, 3.63) is 23.9 Å².